The van der Waals surface area contributed by atoms with Gasteiger partial charge in [0.05, 0.1) is 16.0 Å². The van der Waals surface area contributed by atoms with Crippen LogP contribution in [0.1, 0.15) is 40.0 Å². The molecule has 0 saturated carbocycles. The maximum atomic E-state index is 13.3. The molecule has 4 rings (SSSR count). The third-order valence-electron chi connectivity index (χ3n) is 5.42. The summed E-state index contributed by atoms with van der Waals surface area (Å²) in [6, 6.07) is 12.1. The van der Waals surface area contributed by atoms with E-state index in [0.717, 1.165) is 6.42 Å². The van der Waals surface area contributed by atoms with Gasteiger partial charge < -0.3 is 10.6 Å². The average molecular weight is 442 g/mol. The third-order valence-corrected chi connectivity index (χ3v) is 7.36. The molecular weight excluding hydrogens is 420 g/mol. The number of anilines is 1. The fourth-order valence-corrected chi connectivity index (χ4v) is 5.56. The summed E-state index contributed by atoms with van der Waals surface area (Å²) < 4.78 is 28.0. The van der Waals surface area contributed by atoms with E-state index in [1.54, 1.807) is 24.3 Å². The summed E-state index contributed by atoms with van der Waals surface area (Å²) in [5, 5.41) is 7.61. The fourth-order valence-electron chi connectivity index (χ4n) is 3.84. The summed E-state index contributed by atoms with van der Waals surface area (Å²) >= 11 is 0. The van der Waals surface area contributed by atoms with E-state index in [1.165, 1.54) is 22.5 Å². The molecule has 1 atom stereocenters. The molecular formula is C21H22N4O5S. The molecule has 0 spiro atoms. The molecule has 9 nitrogen and oxygen atoms in total. The molecule has 0 radical (unpaired) electrons. The van der Waals surface area contributed by atoms with Crippen molar-refractivity contribution in [1.82, 2.24) is 14.9 Å². The van der Waals surface area contributed by atoms with Gasteiger partial charge in [0.2, 0.25) is 10.0 Å². The molecule has 31 heavy (non-hydrogen) atoms. The minimum absolute atomic E-state index is 0.0447. The first-order chi connectivity index (χ1) is 14.9. The highest BCUT2D eigenvalue weighted by Crippen LogP contribution is 2.27. The molecule has 2 aliphatic rings. The second kappa shape index (κ2) is 8.48. The lowest BCUT2D eigenvalue weighted by Gasteiger charge is -2.34. The SMILES string of the molecule is O=C(NCC1CCCCN1S(=O)(=O)c1ccc2c(c1)C(=O)NC2=O)Nc1ccccc1. The number of imide groups is 1. The van der Waals surface area contributed by atoms with Gasteiger partial charge in [0.1, 0.15) is 0 Å². The van der Waals surface area contributed by atoms with Gasteiger partial charge in [0, 0.05) is 24.8 Å². The van der Waals surface area contributed by atoms with Crippen LogP contribution in [0.5, 0.6) is 0 Å². The minimum atomic E-state index is -3.91. The first-order valence-electron chi connectivity index (χ1n) is 9.98. The molecule has 1 saturated heterocycles. The van der Waals surface area contributed by atoms with Gasteiger partial charge in [-0.2, -0.15) is 4.31 Å². The summed E-state index contributed by atoms with van der Waals surface area (Å²) in [6.45, 7) is 0.471. The molecule has 0 bridgehead atoms. The average Bonchev–Trinajstić information content (AvgIpc) is 3.06. The van der Waals surface area contributed by atoms with Gasteiger partial charge >= 0.3 is 6.03 Å². The Kier molecular flexibility index (Phi) is 5.75. The summed E-state index contributed by atoms with van der Waals surface area (Å²) in [6.07, 6.45) is 2.16. The van der Waals surface area contributed by atoms with Crippen molar-refractivity contribution in [3.05, 3.63) is 59.7 Å². The maximum absolute atomic E-state index is 13.3. The zero-order chi connectivity index (χ0) is 22.0. The lowest BCUT2D eigenvalue weighted by atomic mass is 10.1. The van der Waals surface area contributed by atoms with Gasteiger partial charge in [0.15, 0.2) is 0 Å². The first-order valence-corrected chi connectivity index (χ1v) is 11.4. The fraction of sp³-hybridized carbons (Fsp3) is 0.286. The van der Waals surface area contributed by atoms with Gasteiger partial charge in [-0.05, 0) is 43.2 Å². The van der Waals surface area contributed by atoms with Crippen molar-refractivity contribution in [2.75, 3.05) is 18.4 Å². The van der Waals surface area contributed by atoms with Gasteiger partial charge in [-0.1, -0.05) is 24.6 Å². The van der Waals surface area contributed by atoms with Crippen LogP contribution in [0.4, 0.5) is 10.5 Å². The van der Waals surface area contributed by atoms with Crippen LogP contribution in [0.25, 0.3) is 0 Å². The Morgan fingerprint density at radius 1 is 1.03 bits per heavy atom. The lowest BCUT2D eigenvalue weighted by molar-refractivity contribution is 0.0879. The molecule has 4 amide bonds. The lowest BCUT2D eigenvalue weighted by Crippen LogP contribution is -2.49. The van der Waals surface area contributed by atoms with E-state index in [4.69, 9.17) is 0 Å². The summed E-state index contributed by atoms with van der Waals surface area (Å²) in [4.78, 5) is 35.8. The van der Waals surface area contributed by atoms with E-state index in [0.29, 0.717) is 25.1 Å². The number of carbonyl (C=O) groups excluding carboxylic acids is 3. The number of amides is 4. The number of fused-ring (bicyclic) bond motifs is 1. The highest BCUT2D eigenvalue weighted by atomic mass is 32.2. The number of piperidine rings is 1. The van der Waals surface area contributed by atoms with Crippen LogP contribution in [0.2, 0.25) is 0 Å². The third kappa shape index (κ3) is 4.30. The maximum Gasteiger partial charge on any atom is 0.319 e. The van der Waals surface area contributed by atoms with Crippen molar-refractivity contribution < 1.29 is 22.8 Å². The first kappa shape index (κ1) is 21.0. The zero-order valence-corrected chi connectivity index (χ0v) is 17.4. The number of rotatable bonds is 5. The van der Waals surface area contributed by atoms with E-state index >= 15 is 0 Å². The molecule has 162 valence electrons. The van der Waals surface area contributed by atoms with E-state index in [9.17, 15) is 22.8 Å². The van der Waals surface area contributed by atoms with Gasteiger partial charge in [-0.15, -0.1) is 0 Å². The Hall–Kier alpha value is -3.24. The second-order valence-electron chi connectivity index (χ2n) is 7.46. The Labute approximate surface area is 179 Å². The van der Waals surface area contributed by atoms with E-state index < -0.39 is 33.9 Å². The van der Waals surface area contributed by atoms with Crippen molar-refractivity contribution in [3.63, 3.8) is 0 Å². The van der Waals surface area contributed by atoms with Crippen LogP contribution in [0, 0.1) is 0 Å². The number of benzene rings is 2. The Morgan fingerprint density at radius 2 is 1.77 bits per heavy atom. The highest BCUT2D eigenvalue weighted by Gasteiger charge is 2.35. The molecule has 3 N–H and O–H groups in total. The molecule has 2 aliphatic heterocycles. The molecule has 1 fully saturated rings. The number of hydrogen-bond acceptors (Lipinski definition) is 5. The number of nitrogens with zero attached hydrogens (tertiary/aromatic N) is 1. The normalized spacial score (nSPS) is 18.9. The number of carbonyl (C=O) groups is 3. The number of sulfonamides is 1. The second-order valence-corrected chi connectivity index (χ2v) is 9.35. The van der Waals surface area contributed by atoms with E-state index in [2.05, 4.69) is 16.0 Å². The topological polar surface area (TPSA) is 125 Å². The summed E-state index contributed by atoms with van der Waals surface area (Å²) in [7, 11) is -3.91. The van der Waals surface area contributed by atoms with Gasteiger partial charge in [-0.3, -0.25) is 14.9 Å². The van der Waals surface area contributed by atoms with E-state index in [1.807, 2.05) is 6.07 Å². The predicted octanol–water partition coefficient (Wildman–Crippen LogP) is 1.94. The largest absolute Gasteiger partial charge is 0.336 e. The van der Waals surface area contributed by atoms with Crippen molar-refractivity contribution in [2.24, 2.45) is 0 Å². The van der Waals surface area contributed by atoms with Crippen molar-refractivity contribution in [2.45, 2.75) is 30.2 Å². The zero-order valence-electron chi connectivity index (χ0n) is 16.6. The molecule has 0 aliphatic carbocycles. The van der Waals surface area contributed by atoms with Crippen LogP contribution in [-0.2, 0) is 10.0 Å². The van der Waals surface area contributed by atoms with Crippen molar-refractivity contribution in [3.8, 4) is 0 Å². The summed E-state index contributed by atoms with van der Waals surface area (Å²) in [5.41, 5.74) is 0.859. The Balaban J connectivity index is 1.49. The number of hydrogen-bond donors (Lipinski definition) is 3. The van der Waals surface area contributed by atoms with E-state index in [-0.39, 0.29) is 22.6 Å². The van der Waals surface area contributed by atoms with Crippen LogP contribution >= 0.6 is 0 Å². The van der Waals surface area contributed by atoms with Gasteiger partial charge in [-0.25, -0.2) is 13.2 Å². The molecule has 2 aromatic rings. The molecule has 1 unspecified atom stereocenters. The number of urea groups is 1. The number of nitrogens with one attached hydrogen (secondary N) is 3. The van der Waals surface area contributed by atoms with Crippen LogP contribution in [-0.4, -0.2) is 49.7 Å². The molecule has 0 aromatic heterocycles. The minimum Gasteiger partial charge on any atom is -0.336 e. The monoisotopic (exact) mass is 442 g/mol. The summed E-state index contributed by atoms with van der Waals surface area (Å²) in [5.74, 6) is -1.14. The Morgan fingerprint density at radius 3 is 2.55 bits per heavy atom. The van der Waals surface area contributed by atoms with Crippen LogP contribution in [0.15, 0.2) is 53.4 Å². The van der Waals surface area contributed by atoms with Crippen LogP contribution in [0.3, 0.4) is 0 Å². The molecule has 10 heteroatoms. The van der Waals surface area contributed by atoms with Crippen LogP contribution < -0.4 is 16.0 Å². The molecule has 2 aromatic carbocycles. The standard InChI is InChI=1S/C21H22N4O5S/c26-19-17-10-9-16(12-18(17)20(27)24-19)31(29,30)25-11-5-4-8-15(25)13-22-21(28)23-14-6-2-1-3-7-14/h1-3,6-7,9-10,12,15H,4-5,8,11,13H2,(H2,22,23,28)(H,24,26,27). The Bertz CT molecular complexity index is 1130. The highest BCUT2D eigenvalue weighted by molar-refractivity contribution is 7.89. The van der Waals surface area contributed by atoms with Crippen molar-refractivity contribution >= 4 is 33.6 Å². The smallest absolute Gasteiger partial charge is 0.319 e. The number of para-hydroxylation sites is 1. The van der Waals surface area contributed by atoms with Gasteiger partial charge in [0.25, 0.3) is 11.8 Å². The molecule has 2 heterocycles. The van der Waals surface area contributed by atoms with Crippen molar-refractivity contribution in [1.29, 1.82) is 0 Å². The predicted molar refractivity (Wildman–Crippen MR) is 113 cm³/mol. The quantitative estimate of drug-likeness (QED) is 0.611.